The van der Waals surface area contributed by atoms with Gasteiger partial charge in [0.1, 0.15) is 0 Å². The molecule has 0 amide bonds. The van der Waals surface area contributed by atoms with Crippen LogP contribution in [0.1, 0.15) is 36.8 Å². The Hall–Kier alpha value is -3.96. The highest BCUT2D eigenvalue weighted by Gasteiger charge is 2.13. The summed E-state index contributed by atoms with van der Waals surface area (Å²) in [6, 6.07) is 16.1. The van der Waals surface area contributed by atoms with Gasteiger partial charge in [-0.2, -0.15) is 0 Å². The summed E-state index contributed by atoms with van der Waals surface area (Å²) in [5.74, 6) is 1.21. The second-order valence-electron chi connectivity index (χ2n) is 13.9. The van der Waals surface area contributed by atoms with Gasteiger partial charge in [-0.1, -0.05) is 71.8 Å². The lowest BCUT2D eigenvalue weighted by Gasteiger charge is -2.23. The fourth-order valence-electron chi connectivity index (χ4n) is 6.40. The van der Waals surface area contributed by atoms with E-state index < -0.39 is 21.6 Å². The minimum Gasteiger partial charge on any atom is -0.383 e. The zero-order chi connectivity index (χ0) is 37.8. The minimum absolute atomic E-state index is 0.602. The minimum atomic E-state index is -1.04. The van der Waals surface area contributed by atoms with Crippen LogP contribution in [0.4, 0.5) is 0 Å². The molecule has 0 saturated heterocycles. The Morgan fingerprint density at radius 1 is 0.556 bits per heavy atom. The third kappa shape index (κ3) is 14.4. The molecule has 10 heteroatoms. The summed E-state index contributed by atoms with van der Waals surface area (Å²) in [6.45, 7) is 12.3. The first-order valence-corrected chi connectivity index (χ1v) is 22.1. The van der Waals surface area contributed by atoms with E-state index in [0.717, 1.165) is 111 Å². The normalized spacial score (nSPS) is 19.7. The molecule has 2 atom stereocenters. The summed E-state index contributed by atoms with van der Waals surface area (Å²) in [5, 5.41) is 7.33. The van der Waals surface area contributed by atoms with Crippen LogP contribution < -0.4 is 10.6 Å². The van der Waals surface area contributed by atoms with Gasteiger partial charge in [0.2, 0.25) is 0 Å². The number of fused-ring (bicyclic) bond motifs is 2. The van der Waals surface area contributed by atoms with Crippen LogP contribution in [0, 0.1) is 13.8 Å². The molecule has 0 bridgehead atoms. The summed E-state index contributed by atoms with van der Waals surface area (Å²) < 4.78 is 26.4. The van der Waals surface area contributed by atoms with Crippen molar-refractivity contribution in [3.63, 3.8) is 0 Å². The summed E-state index contributed by atoms with van der Waals surface area (Å²) in [5.41, 5.74) is 6.37. The fourth-order valence-corrected chi connectivity index (χ4v) is 8.60. The molecule has 2 unspecified atom stereocenters. The Bertz CT molecular complexity index is 1720. The fraction of sp³-hybridized carbons (Fsp3) is 0.409. The van der Waals surface area contributed by atoms with E-state index in [2.05, 4.69) is 70.7 Å². The third-order valence-corrected chi connectivity index (χ3v) is 12.2. The van der Waals surface area contributed by atoms with Crippen LogP contribution in [0.5, 0.6) is 0 Å². The highest BCUT2D eigenvalue weighted by molar-refractivity contribution is 7.85. The van der Waals surface area contributed by atoms with Crippen LogP contribution in [-0.2, 0) is 21.6 Å². The summed E-state index contributed by atoms with van der Waals surface area (Å²) >= 11 is 0. The van der Waals surface area contributed by atoms with Crippen LogP contribution in [0.3, 0.4) is 0 Å². The Kier molecular flexibility index (Phi) is 17.6. The van der Waals surface area contributed by atoms with E-state index >= 15 is 0 Å². The van der Waals surface area contributed by atoms with Crippen molar-refractivity contribution in [2.75, 3.05) is 77.0 Å². The molecule has 8 nitrogen and oxygen atoms in total. The van der Waals surface area contributed by atoms with Gasteiger partial charge in [-0.15, -0.1) is 0 Å². The SMILES string of the molecule is Cc1ccc(S(=O)CCN2CCCN=C3C=CC=CC=C3NCCCN(CCS(=O)c3ccc(C)cc3)CCCNC3=CC=CC=CC3=NCCC2)cc1. The van der Waals surface area contributed by atoms with Crippen molar-refractivity contribution < 1.29 is 8.42 Å². The van der Waals surface area contributed by atoms with Crippen molar-refractivity contribution in [3.05, 3.63) is 132 Å². The summed E-state index contributed by atoms with van der Waals surface area (Å²) in [6.07, 6.45) is 24.4. The van der Waals surface area contributed by atoms with E-state index in [1.54, 1.807) is 0 Å². The molecule has 2 aromatic rings. The lowest BCUT2D eigenvalue weighted by molar-refractivity contribution is 0.282. The Morgan fingerprint density at radius 3 is 1.39 bits per heavy atom. The van der Waals surface area contributed by atoms with Crippen molar-refractivity contribution in [1.82, 2.24) is 20.4 Å². The monoisotopic (exact) mass is 766 g/mol. The van der Waals surface area contributed by atoms with E-state index in [-0.39, 0.29) is 0 Å². The highest BCUT2D eigenvalue weighted by Crippen LogP contribution is 2.12. The molecule has 2 aromatic carbocycles. The number of nitrogens with zero attached hydrogens (tertiary/aromatic N) is 4. The Balaban J connectivity index is 1.25. The molecule has 54 heavy (non-hydrogen) atoms. The van der Waals surface area contributed by atoms with Crippen LogP contribution in [-0.4, -0.2) is 107 Å². The van der Waals surface area contributed by atoms with Gasteiger partial charge in [-0.05, 0) is 114 Å². The maximum atomic E-state index is 13.2. The molecular weight excluding hydrogens is 709 g/mol. The number of rotatable bonds is 8. The van der Waals surface area contributed by atoms with Crippen LogP contribution in [0.15, 0.2) is 140 Å². The number of aliphatic imine (C=N–C) groups is 2. The van der Waals surface area contributed by atoms with Crippen molar-refractivity contribution >= 4 is 33.0 Å². The predicted octanol–water partition coefficient (Wildman–Crippen LogP) is 6.48. The van der Waals surface area contributed by atoms with E-state index in [1.165, 1.54) is 11.1 Å². The first kappa shape index (κ1) is 41.2. The van der Waals surface area contributed by atoms with Crippen molar-refractivity contribution in [2.24, 2.45) is 9.98 Å². The molecule has 1 heterocycles. The number of allylic oxidation sites excluding steroid dienone is 10. The van der Waals surface area contributed by atoms with E-state index in [1.807, 2.05) is 72.8 Å². The number of hydrogen-bond donors (Lipinski definition) is 2. The quantitative estimate of drug-likeness (QED) is 0.320. The average molecular weight is 767 g/mol. The number of nitrogens with one attached hydrogen (secondary N) is 2. The summed E-state index contributed by atoms with van der Waals surface area (Å²) in [4.78, 5) is 16.7. The maximum absolute atomic E-state index is 13.2. The predicted molar refractivity (Wildman–Crippen MR) is 230 cm³/mol. The summed E-state index contributed by atoms with van der Waals surface area (Å²) in [7, 11) is -2.08. The first-order valence-electron chi connectivity index (χ1n) is 19.5. The van der Waals surface area contributed by atoms with Gasteiger partial charge in [0.05, 0.1) is 44.4 Å². The highest BCUT2D eigenvalue weighted by atomic mass is 32.2. The largest absolute Gasteiger partial charge is 0.383 e. The zero-order valence-electron chi connectivity index (χ0n) is 32.1. The molecular formula is C44H58N6O2S2. The molecule has 3 aliphatic rings. The number of hydrogen-bond acceptors (Lipinski definition) is 8. The van der Waals surface area contributed by atoms with Gasteiger partial charge in [-0.3, -0.25) is 18.4 Å². The Morgan fingerprint density at radius 2 is 0.963 bits per heavy atom. The standard InChI is InChI=1S/C44H58N6O2S2/c1-37-17-21-39(22-18-37)53(51)35-33-49-29-9-25-45-41-13-5-3-7-15-43(41)47-27-11-31-50(34-36-54(52)40-23-19-38(2)20-24-40)32-12-28-48-44-16-8-4-6-14-42(44)46-26-10-30-49/h3-8,13-24,45-46H,9-12,25-36H2,1-2H3. The van der Waals surface area contributed by atoms with Crippen molar-refractivity contribution in [3.8, 4) is 0 Å². The van der Waals surface area contributed by atoms with Gasteiger partial charge < -0.3 is 20.4 Å². The van der Waals surface area contributed by atoms with Crippen molar-refractivity contribution in [1.29, 1.82) is 0 Å². The van der Waals surface area contributed by atoms with Crippen LogP contribution in [0.25, 0.3) is 0 Å². The van der Waals surface area contributed by atoms with Gasteiger partial charge >= 0.3 is 0 Å². The molecule has 0 spiro atoms. The van der Waals surface area contributed by atoms with E-state index in [4.69, 9.17) is 9.98 Å². The number of benzene rings is 2. The van der Waals surface area contributed by atoms with Crippen molar-refractivity contribution in [2.45, 2.75) is 49.3 Å². The van der Waals surface area contributed by atoms with Gasteiger partial charge in [0, 0.05) is 60.6 Å². The molecule has 1 aliphatic heterocycles. The smallest absolute Gasteiger partial charge is 0.0805 e. The maximum Gasteiger partial charge on any atom is 0.0805 e. The third-order valence-electron chi connectivity index (χ3n) is 9.55. The molecule has 0 radical (unpaired) electrons. The average Bonchev–Trinajstić information content (AvgIpc) is 3.55. The molecule has 0 fully saturated rings. The first-order chi connectivity index (χ1) is 26.4. The molecule has 0 saturated carbocycles. The van der Waals surface area contributed by atoms with Gasteiger partial charge in [0.15, 0.2) is 0 Å². The van der Waals surface area contributed by atoms with E-state index in [0.29, 0.717) is 24.6 Å². The van der Waals surface area contributed by atoms with E-state index in [9.17, 15) is 8.42 Å². The molecule has 5 rings (SSSR count). The zero-order valence-corrected chi connectivity index (χ0v) is 33.8. The van der Waals surface area contributed by atoms with Gasteiger partial charge in [-0.25, -0.2) is 0 Å². The molecule has 288 valence electrons. The second-order valence-corrected chi connectivity index (χ2v) is 17.0. The van der Waals surface area contributed by atoms with Crippen LogP contribution in [0.2, 0.25) is 0 Å². The second kappa shape index (κ2) is 23.1. The van der Waals surface area contributed by atoms with Gasteiger partial charge in [0.25, 0.3) is 0 Å². The number of aryl methyl sites for hydroxylation is 2. The molecule has 2 N–H and O–H groups in total. The topological polar surface area (TPSA) is 89.4 Å². The lowest BCUT2D eigenvalue weighted by Crippen LogP contribution is -2.34. The lowest BCUT2D eigenvalue weighted by atomic mass is 10.2. The molecule has 0 aromatic heterocycles. The van der Waals surface area contributed by atoms with Crippen LogP contribution >= 0.6 is 0 Å². The molecule has 2 aliphatic carbocycles. The Labute approximate surface area is 328 Å².